The Hall–Kier alpha value is 0. The highest BCUT2D eigenvalue weighted by atomic mass is 14.4. The molecule has 0 aromatic carbocycles. The van der Waals surface area contributed by atoms with Crippen molar-refractivity contribution in [3.63, 3.8) is 0 Å². The van der Waals surface area contributed by atoms with Gasteiger partial charge in [0.25, 0.3) is 0 Å². The van der Waals surface area contributed by atoms with Gasteiger partial charge >= 0.3 is 0 Å². The molecular weight excluding hydrogens is 132 g/mol. The van der Waals surface area contributed by atoms with E-state index in [9.17, 15) is 0 Å². The molecule has 68 valence electrons. The quantitative estimate of drug-likeness (QED) is 0.529. The Morgan fingerprint density at radius 2 is 1.64 bits per heavy atom. The molecule has 1 saturated carbocycles. The van der Waals surface area contributed by atoms with Crippen molar-refractivity contribution in [1.29, 1.82) is 0 Å². The van der Waals surface area contributed by atoms with Gasteiger partial charge in [-0.3, -0.25) is 0 Å². The van der Waals surface area contributed by atoms with Gasteiger partial charge in [0.15, 0.2) is 0 Å². The molecule has 11 heavy (non-hydrogen) atoms. The highest BCUT2D eigenvalue weighted by molar-refractivity contribution is 4.87. The van der Waals surface area contributed by atoms with Gasteiger partial charge < -0.3 is 0 Å². The van der Waals surface area contributed by atoms with Gasteiger partial charge in [-0.2, -0.15) is 0 Å². The molecular formula is C11H24. The second kappa shape index (κ2) is 5.62. The van der Waals surface area contributed by atoms with E-state index in [0.717, 1.165) is 5.41 Å². The van der Waals surface area contributed by atoms with Gasteiger partial charge in [-0.15, -0.1) is 0 Å². The predicted molar refractivity (Wildman–Crippen MR) is 52.8 cm³/mol. The zero-order chi connectivity index (χ0) is 8.74. The summed E-state index contributed by atoms with van der Waals surface area (Å²) in [5, 5.41) is 0. The van der Waals surface area contributed by atoms with Crippen LogP contribution in [0, 0.1) is 5.41 Å². The van der Waals surface area contributed by atoms with E-state index in [0.29, 0.717) is 0 Å². The van der Waals surface area contributed by atoms with E-state index in [1.807, 2.05) is 13.8 Å². The molecule has 1 aliphatic rings. The maximum absolute atomic E-state index is 2.42. The minimum Gasteiger partial charge on any atom is -0.0683 e. The molecule has 0 aliphatic heterocycles. The molecule has 1 rings (SSSR count). The van der Waals surface area contributed by atoms with Crippen LogP contribution in [0.2, 0.25) is 0 Å². The van der Waals surface area contributed by atoms with E-state index >= 15 is 0 Å². The van der Waals surface area contributed by atoms with Crippen LogP contribution < -0.4 is 0 Å². The largest absolute Gasteiger partial charge is 0.0683 e. The normalized spacial score (nSPS) is 18.5. The molecule has 0 bridgehead atoms. The van der Waals surface area contributed by atoms with Crippen molar-refractivity contribution < 1.29 is 0 Å². The van der Waals surface area contributed by atoms with E-state index < -0.39 is 0 Å². The van der Waals surface area contributed by atoms with Gasteiger partial charge in [0, 0.05) is 0 Å². The Bertz CT molecular complexity index is 80.0. The molecule has 0 nitrogen and oxygen atoms in total. The summed E-state index contributed by atoms with van der Waals surface area (Å²) in [6, 6.07) is 0. The van der Waals surface area contributed by atoms with Crippen molar-refractivity contribution in [2.75, 3.05) is 0 Å². The molecule has 0 saturated heterocycles. The van der Waals surface area contributed by atoms with Crippen molar-refractivity contribution in [2.24, 2.45) is 5.41 Å². The van der Waals surface area contributed by atoms with Gasteiger partial charge in [-0.25, -0.2) is 0 Å². The fraction of sp³-hybridized carbons (Fsp3) is 1.00. The smallest absolute Gasteiger partial charge is 0.0325 e. The van der Waals surface area contributed by atoms with E-state index in [1.54, 1.807) is 0 Å². The molecule has 0 spiro atoms. The van der Waals surface area contributed by atoms with Crippen LogP contribution in [0.1, 0.15) is 66.2 Å². The molecule has 0 heterocycles. The summed E-state index contributed by atoms with van der Waals surface area (Å²) >= 11 is 0. The lowest BCUT2D eigenvalue weighted by Gasteiger charge is -2.04. The summed E-state index contributed by atoms with van der Waals surface area (Å²) in [6.07, 6.45) is 8.76. The lowest BCUT2D eigenvalue weighted by atomic mass is 10.0. The molecule has 0 aromatic heterocycles. The average molecular weight is 156 g/mol. The summed E-state index contributed by atoms with van der Waals surface area (Å²) in [5.41, 5.74) is 0.801. The van der Waals surface area contributed by atoms with Gasteiger partial charge in [-0.05, 0) is 24.7 Å². The minimum atomic E-state index is 0.801. The van der Waals surface area contributed by atoms with Crippen molar-refractivity contribution in [1.82, 2.24) is 0 Å². The van der Waals surface area contributed by atoms with Crippen LogP contribution in [-0.4, -0.2) is 0 Å². The summed E-state index contributed by atoms with van der Waals surface area (Å²) in [6.45, 7) is 8.69. The van der Waals surface area contributed by atoms with Crippen molar-refractivity contribution in [2.45, 2.75) is 66.2 Å². The zero-order valence-electron chi connectivity index (χ0n) is 8.74. The van der Waals surface area contributed by atoms with Crippen LogP contribution in [0.5, 0.6) is 0 Å². The second-order valence-corrected chi connectivity index (χ2v) is 3.77. The Kier molecular flexibility index (Phi) is 5.62. The van der Waals surface area contributed by atoms with Crippen molar-refractivity contribution >= 4 is 0 Å². The van der Waals surface area contributed by atoms with Crippen LogP contribution >= 0.6 is 0 Å². The number of hydrogen-bond donors (Lipinski definition) is 0. The Morgan fingerprint density at radius 3 is 2.00 bits per heavy atom. The van der Waals surface area contributed by atoms with Crippen molar-refractivity contribution in [3.8, 4) is 0 Å². The van der Waals surface area contributed by atoms with Gasteiger partial charge in [0.2, 0.25) is 0 Å². The van der Waals surface area contributed by atoms with Gasteiger partial charge in [-0.1, -0.05) is 47.0 Å². The zero-order valence-corrected chi connectivity index (χ0v) is 8.74. The molecule has 0 heteroatoms. The average Bonchev–Trinajstić information content (AvgIpc) is 2.74. The van der Waals surface area contributed by atoms with E-state index in [2.05, 4.69) is 13.8 Å². The maximum Gasteiger partial charge on any atom is -0.0325 e. The number of unbranched alkanes of at least 4 members (excludes halogenated alkanes) is 2. The topological polar surface area (TPSA) is 0 Å². The Labute approximate surface area is 72.4 Å². The minimum absolute atomic E-state index is 0.801. The van der Waals surface area contributed by atoms with E-state index in [-0.39, 0.29) is 0 Å². The highest BCUT2D eigenvalue weighted by Crippen LogP contribution is 2.49. The first kappa shape index (κ1) is 11.0. The number of rotatable bonds is 4. The summed E-state index contributed by atoms with van der Waals surface area (Å²) < 4.78 is 0. The summed E-state index contributed by atoms with van der Waals surface area (Å²) in [7, 11) is 0. The van der Waals surface area contributed by atoms with Crippen molar-refractivity contribution in [3.05, 3.63) is 0 Å². The predicted octanol–water partition coefficient (Wildman–Crippen LogP) is 4.39. The van der Waals surface area contributed by atoms with Crippen LogP contribution in [0.3, 0.4) is 0 Å². The molecule has 0 radical (unpaired) electrons. The fourth-order valence-corrected chi connectivity index (χ4v) is 1.27. The molecule has 0 aromatic rings. The first-order chi connectivity index (χ1) is 5.27. The monoisotopic (exact) mass is 156 g/mol. The molecule has 0 atom stereocenters. The third-order valence-electron chi connectivity index (χ3n) is 2.49. The first-order valence-corrected chi connectivity index (χ1v) is 5.27. The summed E-state index contributed by atoms with van der Waals surface area (Å²) in [5.74, 6) is 0. The Morgan fingerprint density at radius 1 is 1.09 bits per heavy atom. The number of hydrogen-bond acceptors (Lipinski definition) is 0. The Balaban J connectivity index is 0.000000461. The highest BCUT2D eigenvalue weighted by Gasteiger charge is 2.35. The third kappa shape index (κ3) is 5.29. The van der Waals surface area contributed by atoms with Crippen LogP contribution in [0.4, 0.5) is 0 Å². The molecule has 0 N–H and O–H groups in total. The first-order valence-electron chi connectivity index (χ1n) is 5.27. The molecule has 0 unspecified atom stereocenters. The molecule has 1 fully saturated rings. The standard InChI is InChI=1S/C9H18.C2H6/c1-3-4-5-6-9(2)7-8-9;1-2/h3-8H2,1-2H3;1-2H3. The second-order valence-electron chi connectivity index (χ2n) is 3.77. The van der Waals surface area contributed by atoms with Gasteiger partial charge in [0.05, 0.1) is 0 Å². The van der Waals surface area contributed by atoms with Crippen LogP contribution in [0.25, 0.3) is 0 Å². The van der Waals surface area contributed by atoms with Gasteiger partial charge in [0.1, 0.15) is 0 Å². The molecule has 0 amide bonds. The lowest BCUT2D eigenvalue weighted by molar-refractivity contribution is 0.480. The maximum atomic E-state index is 2.42. The molecule has 1 aliphatic carbocycles. The van der Waals surface area contributed by atoms with E-state index in [1.165, 1.54) is 38.5 Å². The fourth-order valence-electron chi connectivity index (χ4n) is 1.27. The van der Waals surface area contributed by atoms with Crippen LogP contribution in [-0.2, 0) is 0 Å². The third-order valence-corrected chi connectivity index (χ3v) is 2.49. The summed E-state index contributed by atoms with van der Waals surface area (Å²) in [4.78, 5) is 0. The lowest BCUT2D eigenvalue weighted by Crippen LogP contribution is -1.91. The van der Waals surface area contributed by atoms with E-state index in [4.69, 9.17) is 0 Å². The van der Waals surface area contributed by atoms with Crippen LogP contribution in [0.15, 0.2) is 0 Å². The SMILES string of the molecule is CC.CCCCCC1(C)CC1.